The van der Waals surface area contributed by atoms with Crippen LogP contribution in [0.3, 0.4) is 0 Å². The summed E-state index contributed by atoms with van der Waals surface area (Å²) in [4.78, 5) is 16.7. The summed E-state index contributed by atoms with van der Waals surface area (Å²) in [7, 11) is 3.49. The van der Waals surface area contributed by atoms with E-state index in [9.17, 15) is 0 Å². The van der Waals surface area contributed by atoms with Gasteiger partial charge in [0.05, 0.1) is 7.11 Å². The third-order valence-electron chi connectivity index (χ3n) is 3.49. The molecule has 0 N–H and O–H groups in total. The number of likely N-dealkylation sites (tertiary alicyclic amines) is 1. The number of nitrogens with zero attached hydrogens (tertiary/aromatic N) is 5. The summed E-state index contributed by atoms with van der Waals surface area (Å²) in [6.45, 7) is 5.34. The molecule has 1 atom stereocenters. The van der Waals surface area contributed by atoms with Crippen molar-refractivity contribution in [3.05, 3.63) is 5.28 Å². The number of halogens is 1. The van der Waals surface area contributed by atoms with Crippen LogP contribution in [0.4, 0.5) is 5.95 Å². The number of rotatable bonds is 5. The highest BCUT2D eigenvalue weighted by Crippen LogP contribution is 2.20. The summed E-state index contributed by atoms with van der Waals surface area (Å²) in [6.07, 6.45) is 2.47. The first-order chi connectivity index (χ1) is 9.13. The molecule has 2 heterocycles. The Morgan fingerprint density at radius 1 is 1.42 bits per heavy atom. The van der Waals surface area contributed by atoms with Gasteiger partial charge in [-0.25, -0.2) is 0 Å². The van der Waals surface area contributed by atoms with Gasteiger partial charge in [0.25, 0.3) is 0 Å². The van der Waals surface area contributed by atoms with Gasteiger partial charge < -0.3 is 9.64 Å². The molecular weight excluding hydrogens is 266 g/mol. The molecule has 0 spiro atoms. The van der Waals surface area contributed by atoms with Crippen molar-refractivity contribution in [1.29, 1.82) is 0 Å². The monoisotopic (exact) mass is 285 g/mol. The van der Waals surface area contributed by atoms with E-state index in [2.05, 4.69) is 26.8 Å². The Labute approximate surface area is 118 Å². The fourth-order valence-electron chi connectivity index (χ4n) is 2.50. The van der Waals surface area contributed by atoms with Crippen molar-refractivity contribution >= 4 is 17.5 Å². The lowest BCUT2D eigenvalue weighted by molar-refractivity contribution is 0.270. The Hall–Kier alpha value is -1.14. The van der Waals surface area contributed by atoms with Crippen molar-refractivity contribution < 1.29 is 4.74 Å². The van der Waals surface area contributed by atoms with Crippen LogP contribution >= 0.6 is 11.6 Å². The number of hydrogen-bond donors (Lipinski definition) is 0. The van der Waals surface area contributed by atoms with E-state index in [0.717, 1.165) is 13.1 Å². The fourth-order valence-corrected chi connectivity index (χ4v) is 2.65. The molecule has 7 heteroatoms. The second-order valence-corrected chi connectivity index (χ2v) is 5.03. The van der Waals surface area contributed by atoms with E-state index < -0.39 is 0 Å². The zero-order chi connectivity index (χ0) is 13.8. The molecule has 1 fully saturated rings. The third-order valence-corrected chi connectivity index (χ3v) is 3.66. The molecule has 1 saturated heterocycles. The van der Waals surface area contributed by atoms with Crippen molar-refractivity contribution in [1.82, 2.24) is 19.9 Å². The minimum Gasteiger partial charge on any atom is -0.467 e. The van der Waals surface area contributed by atoms with Crippen molar-refractivity contribution in [2.45, 2.75) is 25.8 Å². The molecule has 0 bridgehead atoms. The van der Waals surface area contributed by atoms with Crippen molar-refractivity contribution in [2.75, 3.05) is 38.7 Å². The average Bonchev–Trinajstić information content (AvgIpc) is 2.85. The van der Waals surface area contributed by atoms with Gasteiger partial charge in [-0.15, -0.1) is 0 Å². The molecule has 1 aromatic heterocycles. The summed E-state index contributed by atoms with van der Waals surface area (Å²) < 4.78 is 5.01. The van der Waals surface area contributed by atoms with Gasteiger partial charge in [-0.05, 0) is 37.5 Å². The van der Waals surface area contributed by atoms with E-state index in [1.807, 2.05) is 11.9 Å². The summed E-state index contributed by atoms with van der Waals surface area (Å²) in [5.41, 5.74) is 0. The number of likely N-dealkylation sites (N-methyl/N-ethyl adjacent to an activating group) is 2. The zero-order valence-electron chi connectivity index (χ0n) is 11.6. The molecule has 0 radical (unpaired) electrons. The molecule has 0 aromatic carbocycles. The Balaban J connectivity index is 2.06. The van der Waals surface area contributed by atoms with E-state index >= 15 is 0 Å². The van der Waals surface area contributed by atoms with Crippen molar-refractivity contribution in [3.63, 3.8) is 0 Å². The molecule has 19 heavy (non-hydrogen) atoms. The number of aromatic nitrogens is 3. The van der Waals surface area contributed by atoms with Crippen LogP contribution in [0, 0.1) is 0 Å². The van der Waals surface area contributed by atoms with Crippen LogP contribution in [0.5, 0.6) is 6.01 Å². The number of anilines is 1. The summed E-state index contributed by atoms with van der Waals surface area (Å²) in [5.74, 6) is 0.555. The number of methoxy groups -OCH3 is 1. The highest BCUT2D eigenvalue weighted by Gasteiger charge is 2.25. The molecule has 1 aliphatic rings. The quantitative estimate of drug-likeness (QED) is 0.816. The second kappa shape index (κ2) is 6.34. The van der Waals surface area contributed by atoms with Gasteiger partial charge in [-0.3, -0.25) is 4.90 Å². The first-order valence-electron chi connectivity index (χ1n) is 6.54. The Morgan fingerprint density at radius 2 is 2.21 bits per heavy atom. The molecule has 106 valence electrons. The van der Waals surface area contributed by atoms with Crippen molar-refractivity contribution in [3.8, 4) is 6.01 Å². The molecule has 6 nitrogen and oxygen atoms in total. The minimum absolute atomic E-state index is 0.160. The van der Waals surface area contributed by atoms with Gasteiger partial charge in [0.1, 0.15) is 0 Å². The normalized spacial score (nSPS) is 19.7. The van der Waals surface area contributed by atoms with Crippen molar-refractivity contribution in [2.24, 2.45) is 0 Å². The Bertz CT molecular complexity index is 431. The van der Waals surface area contributed by atoms with Gasteiger partial charge in [-0.2, -0.15) is 15.0 Å². The molecular formula is C12H20ClN5O. The molecule has 2 rings (SSSR count). The molecule has 1 aromatic rings. The zero-order valence-corrected chi connectivity index (χ0v) is 12.4. The fraction of sp³-hybridized carbons (Fsp3) is 0.750. The summed E-state index contributed by atoms with van der Waals surface area (Å²) in [5, 5.41) is 0.160. The predicted molar refractivity (Wildman–Crippen MR) is 74.9 cm³/mol. The lowest BCUT2D eigenvalue weighted by atomic mass is 10.2. The summed E-state index contributed by atoms with van der Waals surface area (Å²) >= 11 is 5.87. The highest BCUT2D eigenvalue weighted by molar-refractivity contribution is 6.28. The molecule has 0 amide bonds. The van der Waals surface area contributed by atoms with E-state index in [1.165, 1.54) is 26.5 Å². The van der Waals surface area contributed by atoms with E-state index in [-0.39, 0.29) is 11.3 Å². The molecule has 1 unspecified atom stereocenters. The second-order valence-electron chi connectivity index (χ2n) is 4.70. The van der Waals surface area contributed by atoms with Gasteiger partial charge in [0.2, 0.25) is 11.2 Å². The van der Waals surface area contributed by atoms with Crippen LogP contribution < -0.4 is 9.64 Å². The SMILES string of the molecule is CCN1CCCC1CN(C)c1nc(Cl)nc(OC)n1. The van der Waals surface area contributed by atoms with Crippen LogP contribution in [0.2, 0.25) is 5.28 Å². The minimum atomic E-state index is 0.160. The van der Waals surface area contributed by atoms with Crippen LogP contribution in [0.1, 0.15) is 19.8 Å². The third kappa shape index (κ3) is 3.45. The average molecular weight is 286 g/mol. The molecule has 0 aliphatic carbocycles. The summed E-state index contributed by atoms with van der Waals surface area (Å²) in [6, 6.07) is 0.803. The van der Waals surface area contributed by atoms with E-state index in [1.54, 1.807) is 0 Å². The topological polar surface area (TPSA) is 54.4 Å². The van der Waals surface area contributed by atoms with E-state index in [0.29, 0.717) is 12.0 Å². The van der Waals surface area contributed by atoms with Gasteiger partial charge in [0.15, 0.2) is 0 Å². The Kier molecular flexibility index (Phi) is 4.76. The van der Waals surface area contributed by atoms with E-state index in [4.69, 9.17) is 16.3 Å². The standard InChI is InChI=1S/C12H20ClN5O/c1-4-18-7-5-6-9(18)8-17(2)11-14-10(13)15-12(16-11)19-3/h9H,4-8H2,1-3H3. The van der Waals surface area contributed by atoms with Crippen LogP contribution in [0.15, 0.2) is 0 Å². The molecule has 0 saturated carbocycles. The largest absolute Gasteiger partial charge is 0.467 e. The first-order valence-corrected chi connectivity index (χ1v) is 6.92. The van der Waals surface area contributed by atoms with Crippen LogP contribution in [-0.4, -0.2) is 59.7 Å². The van der Waals surface area contributed by atoms with Gasteiger partial charge in [-0.1, -0.05) is 6.92 Å². The smallest absolute Gasteiger partial charge is 0.322 e. The first kappa shape index (κ1) is 14.3. The van der Waals surface area contributed by atoms with Crippen LogP contribution in [0.25, 0.3) is 0 Å². The lowest BCUT2D eigenvalue weighted by Gasteiger charge is -2.27. The molecule has 1 aliphatic heterocycles. The maximum atomic E-state index is 5.87. The van der Waals surface area contributed by atoms with Gasteiger partial charge in [0, 0.05) is 19.6 Å². The lowest BCUT2D eigenvalue weighted by Crippen LogP contribution is -2.39. The van der Waals surface area contributed by atoms with Gasteiger partial charge >= 0.3 is 6.01 Å². The maximum Gasteiger partial charge on any atom is 0.322 e. The number of ether oxygens (including phenoxy) is 1. The maximum absolute atomic E-state index is 5.87. The van der Waals surface area contributed by atoms with Crippen LogP contribution in [-0.2, 0) is 0 Å². The predicted octanol–water partition coefficient (Wildman–Crippen LogP) is 1.45. The Morgan fingerprint density at radius 3 is 2.89 bits per heavy atom. The number of hydrogen-bond acceptors (Lipinski definition) is 6. The highest BCUT2D eigenvalue weighted by atomic mass is 35.5.